The van der Waals surface area contributed by atoms with Crippen molar-refractivity contribution in [1.82, 2.24) is 9.97 Å². The van der Waals surface area contributed by atoms with Crippen molar-refractivity contribution in [2.24, 2.45) is 0 Å². The zero-order valence-corrected chi connectivity index (χ0v) is 22.0. The van der Waals surface area contributed by atoms with Crippen LogP contribution in [0.2, 0.25) is 5.15 Å². The molecule has 1 atom stereocenters. The van der Waals surface area contributed by atoms with Gasteiger partial charge in [-0.25, -0.2) is 9.97 Å². The summed E-state index contributed by atoms with van der Waals surface area (Å²) >= 11 is 7.40. The summed E-state index contributed by atoms with van der Waals surface area (Å²) in [5.74, 6) is 0.274. The lowest BCUT2D eigenvalue weighted by atomic mass is 9.99. The van der Waals surface area contributed by atoms with Crippen molar-refractivity contribution < 1.29 is 14.6 Å². The Hall–Kier alpha value is -2.77. The lowest BCUT2D eigenvalue weighted by Gasteiger charge is -2.16. The summed E-state index contributed by atoms with van der Waals surface area (Å²) < 4.78 is 5.64. The van der Waals surface area contributed by atoms with Gasteiger partial charge in [-0.15, -0.1) is 0 Å². The summed E-state index contributed by atoms with van der Waals surface area (Å²) in [6.45, 7) is 4.20. The van der Waals surface area contributed by atoms with Crippen LogP contribution in [0.15, 0.2) is 53.7 Å². The van der Waals surface area contributed by atoms with Crippen molar-refractivity contribution in [3.8, 4) is 16.9 Å². The summed E-state index contributed by atoms with van der Waals surface area (Å²) in [6, 6.07) is 15.7. The molecule has 2 N–H and O–H groups in total. The van der Waals surface area contributed by atoms with Gasteiger partial charge in [0.25, 0.3) is 0 Å². The van der Waals surface area contributed by atoms with Gasteiger partial charge in [0.15, 0.2) is 5.16 Å². The third-order valence-electron chi connectivity index (χ3n) is 5.66. The summed E-state index contributed by atoms with van der Waals surface area (Å²) in [5.41, 5.74) is 3.99. The number of unbranched alkanes of at least 4 members (excludes halogenated alkanes) is 4. The number of benzene rings is 2. The molecule has 1 heterocycles. The Balaban J connectivity index is 1.78. The number of carboxylic acids is 1. The number of carbonyl (C=O) groups is 1. The number of carboxylic acid groups (broad SMARTS) is 1. The van der Waals surface area contributed by atoms with Gasteiger partial charge in [-0.3, -0.25) is 4.79 Å². The van der Waals surface area contributed by atoms with E-state index in [0.717, 1.165) is 59.8 Å². The highest BCUT2D eigenvalue weighted by Crippen LogP contribution is 2.36. The van der Waals surface area contributed by atoms with Gasteiger partial charge in [0.2, 0.25) is 0 Å². The molecule has 186 valence electrons. The van der Waals surface area contributed by atoms with Crippen molar-refractivity contribution in [2.45, 2.75) is 62.8 Å². The Morgan fingerprint density at radius 2 is 1.86 bits per heavy atom. The average molecular weight is 514 g/mol. The number of hydrogen-bond donors (Lipinski definition) is 2. The van der Waals surface area contributed by atoms with E-state index in [1.165, 1.54) is 6.42 Å². The molecule has 3 aromatic rings. The van der Waals surface area contributed by atoms with E-state index < -0.39 is 11.2 Å². The number of halogens is 1. The number of anilines is 2. The Bertz CT molecular complexity index is 1130. The molecule has 3 rings (SSSR count). The van der Waals surface area contributed by atoms with Gasteiger partial charge in [0.05, 0.1) is 12.8 Å². The van der Waals surface area contributed by atoms with E-state index in [1.54, 1.807) is 13.2 Å². The first-order chi connectivity index (χ1) is 16.9. The molecule has 2 aromatic carbocycles. The molecule has 0 saturated heterocycles. The summed E-state index contributed by atoms with van der Waals surface area (Å²) in [4.78, 5) is 20.6. The van der Waals surface area contributed by atoms with Gasteiger partial charge in [0.1, 0.15) is 22.0 Å². The molecule has 0 aliphatic rings. The first kappa shape index (κ1) is 26.8. The second kappa shape index (κ2) is 13.4. The summed E-state index contributed by atoms with van der Waals surface area (Å²) in [6.07, 6.45) is 5.91. The first-order valence-electron chi connectivity index (χ1n) is 11.9. The van der Waals surface area contributed by atoms with Gasteiger partial charge in [-0.05, 0) is 42.2 Å². The third kappa shape index (κ3) is 7.87. The van der Waals surface area contributed by atoms with E-state index >= 15 is 0 Å². The normalized spacial score (nSPS) is 11.8. The molecule has 0 amide bonds. The number of rotatable bonds is 13. The molecule has 0 aliphatic carbocycles. The molecular formula is C27H32ClN3O3S. The number of nitrogens with zero attached hydrogens (tertiary/aromatic N) is 2. The van der Waals surface area contributed by atoms with Crippen molar-refractivity contribution >= 4 is 40.8 Å². The minimum Gasteiger partial charge on any atom is -0.495 e. The fourth-order valence-electron chi connectivity index (χ4n) is 3.83. The number of thioether (sulfide) groups is 1. The molecule has 0 bridgehead atoms. The first-order valence-corrected chi connectivity index (χ1v) is 13.1. The molecule has 0 fully saturated rings. The molecule has 35 heavy (non-hydrogen) atoms. The summed E-state index contributed by atoms with van der Waals surface area (Å²) in [5, 5.41) is 12.9. The van der Waals surface area contributed by atoms with Gasteiger partial charge in [-0.2, -0.15) is 0 Å². The lowest BCUT2D eigenvalue weighted by molar-refractivity contribution is -0.136. The highest BCUT2D eigenvalue weighted by atomic mass is 35.5. The molecule has 0 saturated carbocycles. The van der Waals surface area contributed by atoms with Crippen LogP contribution in [0, 0.1) is 6.92 Å². The summed E-state index contributed by atoms with van der Waals surface area (Å²) in [7, 11) is 1.62. The van der Waals surface area contributed by atoms with Crippen LogP contribution >= 0.6 is 23.4 Å². The average Bonchev–Trinajstić information content (AvgIpc) is 2.83. The van der Waals surface area contributed by atoms with Gasteiger partial charge < -0.3 is 15.2 Å². The lowest BCUT2D eigenvalue weighted by Crippen LogP contribution is -2.17. The maximum atomic E-state index is 11.8. The zero-order chi connectivity index (χ0) is 25.2. The SMILES string of the molecule is CCCCCCCC(Sc1nc(Cl)cc(Nc2cc(C)c(-c3ccccc3)cc2OC)n1)C(=O)O. The van der Waals surface area contributed by atoms with E-state index in [0.29, 0.717) is 23.1 Å². The minimum atomic E-state index is -0.864. The number of aromatic nitrogens is 2. The monoisotopic (exact) mass is 513 g/mol. The maximum absolute atomic E-state index is 11.8. The third-order valence-corrected chi connectivity index (χ3v) is 6.97. The fourth-order valence-corrected chi connectivity index (χ4v) is 5.00. The smallest absolute Gasteiger partial charge is 0.317 e. The van der Waals surface area contributed by atoms with Crippen molar-refractivity contribution in [2.75, 3.05) is 12.4 Å². The van der Waals surface area contributed by atoms with E-state index in [-0.39, 0.29) is 5.15 Å². The molecule has 0 spiro atoms. The quantitative estimate of drug-likeness (QED) is 0.104. The number of aliphatic carboxylic acids is 1. The molecule has 8 heteroatoms. The zero-order valence-electron chi connectivity index (χ0n) is 20.4. The number of hydrogen-bond acceptors (Lipinski definition) is 6. The highest BCUT2D eigenvalue weighted by Gasteiger charge is 2.21. The molecule has 6 nitrogen and oxygen atoms in total. The maximum Gasteiger partial charge on any atom is 0.317 e. The molecule has 0 radical (unpaired) electrons. The largest absolute Gasteiger partial charge is 0.495 e. The van der Waals surface area contributed by atoms with Crippen LogP contribution in [0.1, 0.15) is 51.0 Å². The second-order valence-electron chi connectivity index (χ2n) is 8.36. The Morgan fingerprint density at radius 1 is 1.11 bits per heavy atom. The molecule has 1 aromatic heterocycles. The number of nitrogens with one attached hydrogen (secondary N) is 1. The van der Waals surface area contributed by atoms with E-state index in [2.05, 4.69) is 34.3 Å². The van der Waals surface area contributed by atoms with Crippen LogP contribution in [0.25, 0.3) is 11.1 Å². The van der Waals surface area contributed by atoms with Crippen LogP contribution in [0.4, 0.5) is 11.5 Å². The standard InChI is InChI=1S/C27H32ClN3O3S/c1-4-5-6-7-11-14-23(26(32)33)35-27-30-24(28)17-25(31-27)29-21-15-18(2)20(16-22(21)34-3)19-12-9-8-10-13-19/h8-10,12-13,15-17,23H,4-7,11,14H2,1-3H3,(H,32,33)(H,29,30,31). The Morgan fingerprint density at radius 3 is 2.54 bits per heavy atom. The van der Waals surface area contributed by atoms with Crippen LogP contribution in [-0.4, -0.2) is 33.4 Å². The fraction of sp³-hybridized carbons (Fsp3) is 0.370. The predicted octanol–water partition coefficient (Wildman–Crippen LogP) is 7.76. The van der Waals surface area contributed by atoms with Crippen LogP contribution in [0.5, 0.6) is 5.75 Å². The van der Waals surface area contributed by atoms with Crippen molar-refractivity contribution in [1.29, 1.82) is 0 Å². The Labute approximate surface area is 216 Å². The molecule has 1 unspecified atom stereocenters. The second-order valence-corrected chi connectivity index (χ2v) is 9.92. The number of methoxy groups -OCH3 is 1. The molecule has 0 aliphatic heterocycles. The topological polar surface area (TPSA) is 84.3 Å². The van der Waals surface area contributed by atoms with E-state index in [1.807, 2.05) is 37.3 Å². The van der Waals surface area contributed by atoms with Gasteiger partial charge in [0, 0.05) is 6.07 Å². The minimum absolute atomic E-state index is 0.244. The van der Waals surface area contributed by atoms with E-state index in [4.69, 9.17) is 16.3 Å². The van der Waals surface area contributed by atoms with Crippen LogP contribution < -0.4 is 10.1 Å². The number of ether oxygens (including phenoxy) is 1. The Kier molecular flexibility index (Phi) is 10.2. The van der Waals surface area contributed by atoms with Crippen LogP contribution in [-0.2, 0) is 4.79 Å². The highest BCUT2D eigenvalue weighted by molar-refractivity contribution is 8.00. The predicted molar refractivity (Wildman–Crippen MR) is 144 cm³/mol. The van der Waals surface area contributed by atoms with Gasteiger partial charge in [-0.1, -0.05) is 92.7 Å². The van der Waals surface area contributed by atoms with Crippen molar-refractivity contribution in [3.63, 3.8) is 0 Å². The van der Waals surface area contributed by atoms with Crippen LogP contribution in [0.3, 0.4) is 0 Å². The van der Waals surface area contributed by atoms with E-state index in [9.17, 15) is 9.90 Å². The van der Waals surface area contributed by atoms with Gasteiger partial charge >= 0.3 is 5.97 Å². The number of aryl methyl sites for hydroxylation is 1. The molecular weight excluding hydrogens is 482 g/mol. The van der Waals surface area contributed by atoms with Crippen molar-refractivity contribution in [3.05, 3.63) is 59.2 Å².